The topological polar surface area (TPSA) is 78.5 Å². The lowest BCUT2D eigenvalue weighted by atomic mass is 10.1. The maximum Gasteiger partial charge on any atom is 0.319 e. The Kier molecular flexibility index (Phi) is 6.18. The molecule has 166 valence electrons. The van der Waals surface area contributed by atoms with E-state index in [0.717, 1.165) is 68.1 Å². The van der Waals surface area contributed by atoms with Gasteiger partial charge in [0, 0.05) is 37.3 Å². The highest BCUT2D eigenvalue weighted by Gasteiger charge is 2.22. The first-order valence-electron chi connectivity index (χ1n) is 11.3. The number of ether oxygens (including phenoxy) is 1. The summed E-state index contributed by atoms with van der Waals surface area (Å²) in [6.45, 7) is 4.82. The van der Waals surface area contributed by atoms with E-state index in [1.54, 1.807) is 0 Å². The van der Waals surface area contributed by atoms with Crippen molar-refractivity contribution >= 4 is 28.4 Å². The fourth-order valence-electron chi connectivity index (χ4n) is 4.50. The van der Waals surface area contributed by atoms with Crippen molar-refractivity contribution in [1.29, 1.82) is 0 Å². The van der Waals surface area contributed by atoms with Gasteiger partial charge in [-0.3, -0.25) is 4.90 Å². The monoisotopic (exact) mass is 431 g/mol. The Morgan fingerprint density at radius 2 is 1.97 bits per heavy atom. The number of nitrogens with zero attached hydrogens (tertiary/aromatic N) is 2. The third kappa shape index (κ3) is 4.84. The van der Waals surface area contributed by atoms with Gasteiger partial charge < -0.3 is 20.7 Å². The number of aryl methyl sites for hydroxylation is 1. The molecule has 5 rings (SSSR count). The summed E-state index contributed by atoms with van der Waals surface area (Å²) in [7, 11) is 0. The second kappa shape index (κ2) is 9.54. The van der Waals surface area contributed by atoms with Gasteiger partial charge in [-0.1, -0.05) is 24.3 Å². The zero-order valence-corrected chi connectivity index (χ0v) is 18.1. The van der Waals surface area contributed by atoms with Crippen LogP contribution in [0.25, 0.3) is 10.9 Å². The summed E-state index contributed by atoms with van der Waals surface area (Å²) in [6.07, 6.45) is 2.19. The van der Waals surface area contributed by atoms with Crippen LogP contribution in [-0.4, -0.2) is 55.3 Å². The van der Waals surface area contributed by atoms with Crippen molar-refractivity contribution < 1.29 is 9.53 Å². The van der Waals surface area contributed by atoms with Gasteiger partial charge in [0.25, 0.3) is 0 Å². The van der Waals surface area contributed by atoms with Crippen molar-refractivity contribution in [3.63, 3.8) is 0 Å². The van der Waals surface area contributed by atoms with Crippen LogP contribution < -0.4 is 16.0 Å². The Bertz CT molecular complexity index is 1100. The average Bonchev–Trinajstić information content (AvgIpc) is 3.23. The minimum Gasteiger partial charge on any atom is -0.379 e. The molecule has 0 radical (unpaired) electrons. The lowest BCUT2D eigenvalue weighted by Crippen LogP contribution is -2.42. The first-order chi connectivity index (χ1) is 15.7. The highest BCUT2D eigenvalue weighted by Crippen LogP contribution is 2.33. The largest absolute Gasteiger partial charge is 0.379 e. The van der Waals surface area contributed by atoms with Gasteiger partial charge in [0.05, 0.1) is 24.8 Å². The first-order valence-corrected chi connectivity index (χ1v) is 11.3. The van der Waals surface area contributed by atoms with E-state index in [-0.39, 0.29) is 6.03 Å². The number of hydrogen-bond acceptors (Lipinski definition) is 5. The van der Waals surface area contributed by atoms with Gasteiger partial charge >= 0.3 is 6.03 Å². The Morgan fingerprint density at radius 3 is 2.88 bits per heavy atom. The molecule has 1 aromatic heterocycles. The minimum atomic E-state index is -0.191. The van der Waals surface area contributed by atoms with Crippen LogP contribution >= 0.6 is 0 Å². The van der Waals surface area contributed by atoms with Gasteiger partial charge in [0.1, 0.15) is 5.82 Å². The molecule has 0 bridgehead atoms. The number of nitrogens with one attached hydrogen (secondary N) is 3. The van der Waals surface area contributed by atoms with E-state index in [9.17, 15) is 4.79 Å². The summed E-state index contributed by atoms with van der Waals surface area (Å²) in [6, 6.07) is 18.6. The van der Waals surface area contributed by atoms with E-state index < -0.39 is 0 Å². The maximum absolute atomic E-state index is 12.2. The van der Waals surface area contributed by atoms with Crippen molar-refractivity contribution in [2.24, 2.45) is 0 Å². The van der Waals surface area contributed by atoms with Crippen LogP contribution in [0.3, 0.4) is 0 Å². The highest BCUT2D eigenvalue weighted by molar-refractivity contribution is 5.92. The fourth-order valence-corrected chi connectivity index (χ4v) is 4.50. The number of carbonyl (C=O) groups excluding carboxylic acids is 1. The SMILES string of the molecule is O=C(NCCN1CCOCC1)Nc1ccc2nc(N[C@@H]3CCc4ccccc43)ccc2c1. The molecule has 0 unspecified atom stereocenters. The quantitative estimate of drug-likeness (QED) is 0.554. The number of fused-ring (bicyclic) bond motifs is 2. The molecule has 2 aromatic carbocycles. The van der Waals surface area contributed by atoms with E-state index in [1.165, 1.54) is 11.1 Å². The van der Waals surface area contributed by atoms with Crippen molar-refractivity contribution in [1.82, 2.24) is 15.2 Å². The molecule has 2 amide bonds. The molecule has 3 aromatic rings. The van der Waals surface area contributed by atoms with Crippen molar-refractivity contribution in [2.75, 3.05) is 50.0 Å². The van der Waals surface area contributed by atoms with Crippen molar-refractivity contribution in [2.45, 2.75) is 18.9 Å². The molecular formula is C25H29N5O2. The van der Waals surface area contributed by atoms with Crippen LogP contribution in [0.2, 0.25) is 0 Å². The fraction of sp³-hybridized carbons (Fsp3) is 0.360. The Morgan fingerprint density at radius 1 is 1.09 bits per heavy atom. The Hall–Kier alpha value is -3.16. The summed E-state index contributed by atoms with van der Waals surface area (Å²) < 4.78 is 5.35. The number of rotatable bonds is 6. The number of anilines is 2. The molecule has 7 heteroatoms. The highest BCUT2D eigenvalue weighted by atomic mass is 16.5. The molecule has 1 aliphatic heterocycles. The molecule has 32 heavy (non-hydrogen) atoms. The standard InChI is InChI=1S/C25H29N5O2/c31-25(26-11-12-30-13-15-32-16-14-30)27-20-7-9-22-19(17-20)6-10-24(28-22)29-23-8-5-18-3-1-2-4-21(18)23/h1-4,6-7,9-10,17,23H,5,8,11-16H2,(H,28,29)(H2,26,27,31)/t23-/m1/s1. The normalized spacial score (nSPS) is 18.3. The number of amides is 2. The Labute approximate surface area is 188 Å². The molecule has 1 saturated heterocycles. The third-order valence-electron chi connectivity index (χ3n) is 6.22. The van der Waals surface area contributed by atoms with Crippen LogP contribution in [0.4, 0.5) is 16.3 Å². The van der Waals surface area contributed by atoms with Crippen LogP contribution in [-0.2, 0) is 11.2 Å². The summed E-state index contributed by atoms with van der Waals surface area (Å²) in [5.74, 6) is 0.876. The summed E-state index contributed by atoms with van der Waals surface area (Å²) in [4.78, 5) is 19.3. The van der Waals surface area contributed by atoms with Crippen LogP contribution in [0, 0.1) is 0 Å². The lowest BCUT2D eigenvalue weighted by Gasteiger charge is -2.26. The van der Waals surface area contributed by atoms with Crippen LogP contribution in [0.5, 0.6) is 0 Å². The molecule has 0 saturated carbocycles. The van der Waals surface area contributed by atoms with E-state index in [4.69, 9.17) is 9.72 Å². The van der Waals surface area contributed by atoms with Gasteiger partial charge in [-0.05, 0) is 54.3 Å². The van der Waals surface area contributed by atoms with Crippen LogP contribution in [0.15, 0.2) is 54.6 Å². The molecule has 1 atom stereocenters. The second-order valence-electron chi connectivity index (χ2n) is 8.37. The van der Waals surface area contributed by atoms with Gasteiger partial charge in [0.2, 0.25) is 0 Å². The van der Waals surface area contributed by atoms with Gasteiger partial charge in [0.15, 0.2) is 0 Å². The number of pyridine rings is 1. The van der Waals surface area contributed by atoms with E-state index >= 15 is 0 Å². The number of aromatic nitrogens is 1. The first kappa shape index (κ1) is 20.7. The number of benzene rings is 2. The molecule has 3 N–H and O–H groups in total. The number of urea groups is 1. The lowest BCUT2D eigenvalue weighted by molar-refractivity contribution is 0.0388. The molecule has 7 nitrogen and oxygen atoms in total. The average molecular weight is 432 g/mol. The smallest absolute Gasteiger partial charge is 0.319 e. The molecule has 0 spiro atoms. The predicted octanol–water partition coefficient (Wildman–Crippen LogP) is 3.79. The third-order valence-corrected chi connectivity index (χ3v) is 6.22. The zero-order valence-electron chi connectivity index (χ0n) is 18.1. The van der Waals surface area contributed by atoms with E-state index in [0.29, 0.717) is 12.6 Å². The van der Waals surface area contributed by atoms with E-state index in [2.05, 4.69) is 45.1 Å². The van der Waals surface area contributed by atoms with Crippen molar-refractivity contribution in [3.8, 4) is 0 Å². The number of carbonyl (C=O) groups is 1. The minimum absolute atomic E-state index is 0.191. The summed E-state index contributed by atoms with van der Waals surface area (Å²) in [5, 5.41) is 10.4. The zero-order chi connectivity index (χ0) is 21.8. The molecule has 2 aliphatic rings. The molecule has 1 fully saturated rings. The van der Waals surface area contributed by atoms with E-state index in [1.807, 2.05) is 30.3 Å². The second-order valence-corrected chi connectivity index (χ2v) is 8.37. The van der Waals surface area contributed by atoms with Crippen molar-refractivity contribution in [3.05, 3.63) is 65.7 Å². The predicted molar refractivity (Wildman–Crippen MR) is 127 cm³/mol. The summed E-state index contributed by atoms with van der Waals surface area (Å²) in [5.41, 5.74) is 4.45. The van der Waals surface area contributed by atoms with Gasteiger partial charge in [-0.25, -0.2) is 9.78 Å². The molecule has 2 heterocycles. The number of hydrogen-bond donors (Lipinski definition) is 3. The molecule has 1 aliphatic carbocycles. The summed E-state index contributed by atoms with van der Waals surface area (Å²) >= 11 is 0. The van der Waals surface area contributed by atoms with Crippen LogP contribution in [0.1, 0.15) is 23.6 Å². The maximum atomic E-state index is 12.2. The molecular weight excluding hydrogens is 402 g/mol. The Balaban J connectivity index is 1.17. The van der Waals surface area contributed by atoms with Gasteiger partial charge in [-0.15, -0.1) is 0 Å². The van der Waals surface area contributed by atoms with Gasteiger partial charge in [-0.2, -0.15) is 0 Å². The number of morpholine rings is 1.